The van der Waals surface area contributed by atoms with Gasteiger partial charge in [0, 0.05) is 11.1 Å². The normalized spacial score (nSPS) is 10.1. The van der Waals surface area contributed by atoms with Gasteiger partial charge in [0.25, 0.3) is 0 Å². The molecule has 70 valence electrons. The summed E-state index contributed by atoms with van der Waals surface area (Å²) >= 11 is 0. The van der Waals surface area contributed by atoms with E-state index in [1.165, 1.54) is 0 Å². The summed E-state index contributed by atoms with van der Waals surface area (Å²) in [5, 5.41) is 3.97. The second-order valence-corrected chi connectivity index (χ2v) is 3.22. The number of rotatable bonds is 2. The molecule has 0 atom stereocenters. The fraction of sp³-hybridized carbons (Fsp3) is 0.0833. The summed E-state index contributed by atoms with van der Waals surface area (Å²) in [6.07, 6.45) is 1.63. The molecule has 0 aliphatic carbocycles. The zero-order chi connectivity index (χ0) is 9.97. The zero-order valence-electron chi connectivity index (χ0n) is 8.03. The van der Waals surface area contributed by atoms with Gasteiger partial charge in [-0.25, -0.2) is 0 Å². The molecule has 0 spiro atoms. The van der Waals surface area contributed by atoms with Crippen molar-refractivity contribution in [1.29, 1.82) is 0 Å². The summed E-state index contributed by atoms with van der Waals surface area (Å²) in [7, 11) is 0. The average Bonchev–Trinajstić information content (AvgIpc) is 2.67. The van der Waals surface area contributed by atoms with Crippen molar-refractivity contribution in [1.82, 2.24) is 5.16 Å². The first-order chi connectivity index (χ1) is 6.79. The highest BCUT2D eigenvalue weighted by atomic mass is 16.5. The highest BCUT2D eigenvalue weighted by Gasteiger charge is 2.09. The third kappa shape index (κ3) is 1.46. The predicted molar refractivity (Wildman–Crippen MR) is 56.6 cm³/mol. The minimum Gasteiger partial charge on any atom is -0.363 e. The Morgan fingerprint density at radius 1 is 1.29 bits per heavy atom. The lowest BCUT2D eigenvalue weighted by atomic mass is 10.0. The quantitative estimate of drug-likeness (QED) is 0.716. The fourth-order valence-corrected chi connectivity index (χ4v) is 1.34. The van der Waals surface area contributed by atoms with E-state index in [0.29, 0.717) is 0 Å². The van der Waals surface area contributed by atoms with E-state index in [0.717, 1.165) is 22.4 Å². The van der Waals surface area contributed by atoms with Crippen molar-refractivity contribution in [2.45, 2.75) is 6.92 Å². The lowest BCUT2D eigenvalue weighted by Gasteiger charge is -1.98. The third-order valence-electron chi connectivity index (χ3n) is 2.08. The van der Waals surface area contributed by atoms with E-state index in [1.54, 1.807) is 6.26 Å². The summed E-state index contributed by atoms with van der Waals surface area (Å²) in [6, 6.07) is 9.94. The maximum absolute atomic E-state index is 4.95. The molecule has 0 amide bonds. The minimum absolute atomic E-state index is 0.859. The molecule has 0 bridgehead atoms. The Balaban J connectivity index is 2.52. The van der Waals surface area contributed by atoms with Crippen LogP contribution in [0.3, 0.4) is 0 Å². The monoisotopic (exact) mass is 185 g/mol. The van der Waals surface area contributed by atoms with E-state index in [4.69, 9.17) is 4.52 Å². The van der Waals surface area contributed by atoms with E-state index in [2.05, 4.69) is 11.7 Å². The molecule has 0 radical (unpaired) electrons. The van der Waals surface area contributed by atoms with Gasteiger partial charge in [-0.05, 0) is 12.5 Å². The lowest BCUT2D eigenvalue weighted by Crippen LogP contribution is -1.82. The van der Waals surface area contributed by atoms with Gasteiger partial charge in [-0.15, -0.1) is 0 Å². The highest BCUT2D eigenvalue weighted by Crippen LogP contribution is 2.26. The standard InChI is InChI=1S/C12H11NO/c1-9(2)11-8-14-13-12(11)10-6-4-3-5-7-10/h3-8H,1H2,2H3. The second kappa shape index (κ2) is 3.50. The van der Waals surface area contributed by atoms with E-state index >= 15 is 0 Å². The maximum atomic E-state index is 4.95. The van der Waals surface area contributed by atoms with Crippen LogP contribution in [0.25, 0.3) is 16.8 Å². The topological polar surface area (TPSA) is 26.0 Å². The first-order valence-electron chi connectivity index (χ1n) is 4.44. The summed E-state index contributed by atoms with van der Waals surface area (Å²) in [5.74, 6) is 0. The molecule has 1 aromatic carbocycles. The lowest BCUT2D eigenvalue weighted by molar-refractivity contribution is 0.422. The SMILES string of the molecule is C=C(C)c1conc1-c1ccccc1. The van der Waals surface area contributed by atoms with Gasteiger partial charge >= 0.3 is 0 Å². The van der Waals surface area contributed by atoms with Crippen molar-refractivity contribution >= 4 is 5.57 Å². The second-order valence-electron chi connectivity index (χ2n) is 3.22. The van der Waals surface area contributed by atoms with E-state index < -0.39 is 0 Å². The van der Waals surface area contributed by atoms with Crippen LogP contribution in [-0.2, 0) is 0 Å². The van der Waals surface area contributed by atoms with Crippen molar-refractivity contribution in [2.24, 2.45) is 0 Å². The molecule has 2 aromatic rings. The van der Waals surface area contributed by atoms with Crippen LogP contribution in [0.1, 0.15) is 12.5 Å². The molecule has 1 heterocycles. The van der Waals surface area contributed by atoms with Gasteiger partial charge in [-0.2, -0.15) is 0 Å². The summed E-state index contributed by atoms with van der Waals surface area (Å²) < 4.78 is 4.95. The molecule has 2 nitrogen and oxygen atoms in total. The predicted octanol–water partition coefficient (Wildman–Crippen LogP) is 3.37. The first kappa shape index (κ1) is 8.75. The van der Waals surface area contributed by atoms with Crippen LogP contribution in [0.2, 0.25) is 0 Å². The van der Waals surface area contributed by atoms with Crippen LogP contribution in [0.15, 0.2) is 47.7 Å². The molecule has 2 rings (SSSR count). The van der Waals surface area contributed by atoms with Gasteiger partial charge in [0.1, 0.15) is 12.0 Å². The van der Waals surface area contributed by atoms with Gasteiger partial charge in [0.2, 0.25) is 0 Å². The van der Waals surface area contributed by atoms with Crippen molar-refractivity contribution in [2.75, 3.05) is 0 Å². The largest absolute Gasteiger partial charge is 0.363 e. The fourth-order valence-electron chi connectivity index (χ4n) is 1.34. The highest BCUT2D eigenvalue weighted by molar-refractivity contribution is 5.76. The first-order valence-corrected chi connectivity index (χ1v) is 4.44. The zero-order valence-corrected chi connectivity index (χ0v) is 8.03. The van der Waals surface area contributed by atoms with Crippen LogP contribution in [-0.4, -0.2) is 5.16 Å². The molecule has 0 aliphatic rings. The average molecular weight is 185 g/mol. The summed E-state index contributed by atoms with van der Waals surface area (Å²) in [4.78, 5) is 0. The molecule has 14 heavy (non-hydrogen) atoms. The summed E-state index contributed by atoms with van der Waals surface area (Å²) in [6.45, 7) is 5.83. The Labute approximate surface area is 82.9 Å². The third-order valence-corrected chi connectivity index (χ3v) is 2.08. The molecule has 0 aliphatic heterocycles. The number of benzene rings is 1. The van der Waals surface area contributed by atoms with Crippen LogP contribution in [0, 0.1) is 0 Å². The molecular weight excluding hydrogens is 174 g/mol. The van der Waals surface area contributed by atoms with Crippen LogP contribution in [0.4, 0.5) is 0 Å². The Bertz CT molecular complexity index is 442. The Hall–Kier alpha value is -1.83. The van der Waals surface area contributed by atoms with Crippen LogP contribution >= 0.6 is 0 Å². The molecule has 0 N–H and O–H groups in total. The van der Waals surface area contributed by atoms with Crippen molar-refractivity contribution < 1.29 is 4.52 Å². The van der Waals surface area contributed by atoms with Crippen molar-refractivity contribution in [3.63, 3.8) is 0 Å². The van der Waals surface area contributed by atoms with E-state index in [-0.39, 0.29) is 0 Å². The van der Waals surface area contributed by atoms with E-state index in [1.807, 2.05) is 37.3 Å². The summed E-state index contributed by atoms with van der Waals surface area (Å²) in [5.41, 5.74) is 3.85. The van der Waals surface area contributed by atoms with Crippen molar-refractivity contribution in [3.05, 3.63) is 48.7 Å². The number of nitrogens with zero attached hydrogens (tertiary/aromatic N) is 1. The number of allylic oxidation sites excluding steroid dienone is 1. The van der Waals surface area contributed by atoms with E-state index in [9.17, 15) is 0 Å². The molecule has 0 fully saturated rings. The smallest absolute Gasteiger partial charge is 0.131 e. The molecular formula is C12H11NO. The number of hydrogen-bond acceptors (Lipinski definition) is 2. The van der Waals surface area contributed by atoms with Gasteiger partial charge < -0.3 is 4.52 Å². The van der Waals surface area contributed by atoms with Gasteiger partial charge in [-0.1, -0.05) is 42.1 Å². The Kier molecular flexibility index (Phi) is 2.19. The molecule has 0 saturated carbocycles. The Morgan fingerprint density at radius 3 is 2.64 bits per heavy atom. The number of aromatic nitrogens is 1. The molecule has 2 heteroatoms. The molecule has 0 saturated heterocycles. The molecule has 1 aromatic heterocycles. The van der Waals surface area contributed by atoms with Gasteiger partial charge in [-0.3, -0.25) is 0 Å². The number of hydrogen-bond donors (Lipinski definition) is 0. The van der Waals surface area contributed by atoms with Gasteiger partial charge in [0.05, 0.1) is 0 Å². The van der Waals surface area contributed by atoms with Crippen molar-refractivity contribution in [3.8, 4) is 11.3 Å². The van der Waals surface area contributed by atoms with Crippen LogP contribution < -0.4 is 0 Å². The van der Waals surface area contributed by atoms with Gasteiger partial charge in [0.15, 0.2) is 0 Å². The molecule has 0 unspecified atom stereocenters. The van der Waals surface area contributed by atoms with Crippen LogP contribution in [0.5, 0.6) is 0 Å². The minimum atomic E-state index is 0.859. The maximum Gasteiger partial charge on any atom is 0.131 e. The Morgan fingerprint density at radius 2 is 2.00 bits per heavy atom.